The average Bonchev–Trinajstić information content (AvgIpc) is 3.23. The summed E-state index contributed by atoms with van der Waals surface area (Å²) in [5, 5.41) is 11.7. The molecule has 2 aromatic heterocycles. The van der Waals surface area contributed by atoms with Crippen LogP contribution in [0.3, 0.4) is 0 Å². The molecule has 5 nitrogen and oxygen atoms in total. The lowest BCUT2D eigenvalue weighted by atomic mass is 9.95. The molecule has 9 aromatic rings. The normalized spacial score (nSPS) is 11.1. The minimum atomic E-state index is 0.628. The maximum Gasteiger partial charge on any atom is 0.160 e. The van der Waals surface area contributed by atoms with E-state index >= 15 is 0 Å². The Bertz CT molecular complexity index is 2770. The molecular weight excluding hydrogens is 635 g/mol. The Hall–Kier alpha value is -7.29. The first kappa shape index (κ1) is 30.7. The second-order valence-corrected chi connectivity index (χ2v) is 12.6. The van der Waals surface area contributed by atoms with Gasteiger partial charge in [-0.05, 0) is 40.8 Å². The standard InChI is InChI=1S/C47H29N5/c48-30-37-27-28-40(39-16-8-7-15-38(37)39)46-45(49-41-17-9-10-18-42(41)50-46)35-23-25-36(26-24-35)47-51-43(33-13-5-2-6-14-33)29-44(52-47)34-21-19-32(20-22-34)31-11-3-1-4-12-31/h1-29H. The highest BCUT2D eigenvalue weighted by Gasteiger charge is 2.18. The first-order valence-corrected chi connectivity index (χ1v) is 17.1. The molecule has 0 amide bonds. The Balaban J connectivity index is 1.15. The van der Waals surface area contributed by atoms with E-state index in [1.807, 2.05) is 84.9 Å². The first-order chi connectivity index (χ1) is 25.7. The molecule has 0 aliphatic heterocycles. The lowest BCUT2D eigenvalue weighted by Gasteiger charge is -2.14. The quantitative estimate of drug-likeness (QED) is 0.177. The lowest BCUT2D eigenvalue weighted by molar-refractivity contribution is 1.18. The largest absolute Gasteiger partial charge is 0.244 e. The molecule has 0 saturated carbocycles. The summed E-state index contributed by atoms with van der Waals surface area (Å²) in [6.45, 7) is 0. The minimum Gasteiger partial charge on any atom is -0.244 e. The van der Waals surface area contributed by atoms with Crippen molar-refractivity contribution in [1.29, 1.82) is 5.26 Å². The molecule has 52 heavy (non-hydrogen) atoms. The number of nitrogens with zero attached hydrogens (tertiary/aromatic N) is 5. The summed E-state index contributed by atoms with van der Waals surface area (Å²) < 4.78 is 0. The van der Waals surface area contributed by atoms with Crippen molar-refractivity contribution in [2.75, 3.05) is 0 Å². The van der Waals surface area contributed by atoms with Gasteiger partial charge in [-0.25, -0.2) is 19.9 Å². The number of nitriles is 1. The fraction of sp³-hybridized carbons (Fsp3) is 0. The van der Waals surface area contributed by atoms with Crippen LogP contribution in [0.15, 0.2) is 176 Å². The van der Waals surface area contributed by atoms with Gasteiger partial charge in [0.15, 0.2) is 5.82 Å². The Morgan fingerprint density at radius 1 is 0.365 bits per heavy atom. The Labute approximate surface area is 301 Å². The summed E-state index contributed by atoms with van der Waals surface area (Å²) in [5.74, 6) is 0.637. The number of para-hydroxylation sites is 2. The smallest absolute Gasteiger partial charge is 0.160 e. The number of fused-ring (bicyclic) bond motifs is 2. The van der Waals surface area contributed by atoms with Gasteiger partial charge in [0.1, 0.15) is 0 Å². The van der Waals surface area contributed by atoms with Gasteiger partial charge in [0, 0.05) is 33.2 Å². The molecule has 0 N–H and O–H groups in total. The van der Waals surface area contributed by atoms with Gasteiger partial charge in [-0.2, -0.15) is 5.26 Å². The van der Waals surface area contributed by atoms with Crippen LogP contribution < -0.4 is 0 Å². The zero-order valence-corrected chi connectivity index (χ0v) is 28.0. The van der Waals surface area contributed by atoms with Crippen molar-refractivity contribution in [3.05, 3.63) is 181 Å². The average molecular weight is 664 g/mol. The summed E-state index contributed by atoms with van der Waals surface area (Å²) in [7, 11) is 0. The van der Waals surface area contributed by atoms with Crippen molar-refractivity contribution in [1.82, 2.24) is 19.9 Å². The van der Waals surface area contributed by atoms with E-state index in [0.29, 0.717) is 11.4 Å². The molecular formula is C47H29N5. The monoisotopic (exact) mass is 663 g/mol. The number of rotatable bonds is 6. The molecule has 0 unspecified atom stereocenters. The van der Waals surface area contributed by atoms with Gasteiger partial charge in [0.05, 0.1) is 45.4 Å². The maximum absolute atomic E-state index is 9.82. The summed E-state index contributed by atoms with van der Waals surface area (Å²) >= 11 is 0. The van der Waals surface area contributed by atoms with Crippen LogP contribution >= 0.6 is 0 Å². The summed E-state index contributed by atoms with van der Waals surface area (Å²) in [6, 6.07) is 61.5. The molecule has 0 saturated heterocycles. The fourth-order valence-corrected chi connectivity index (χ4v) is 6.71. The van der Waals surface area contributed by atoms with Crippen LogP contribution in [0, 0.1) is 11.3 Å². The third-order valence-electron chi connectivity index (χ3n) is 9.37. The van der Waals surface area contributed by atoms with E-state index in [0.717, 1.165) is 78.0 Å². The molecule has 0 fully saturated rings. The van der Waals surface area contributed by atoms with Gasteiger partial charge in [-0.15, -0.1) is 0 Å². The highest BCUT2D eigenvalue weighted by Crippen LogP contribution is 2.37. The number of hydrogen-bond donors (Lipinski definition) is 0. The van der Waals surface area contributed by atoms with Gasteiger partial charge in [-0.1, -0.05) is 152 Å². The van der Waals surface area contributed by atoms with Crippen LogP contribution in [-0.4, -0.2) is 19.9 Å². The predicted molar refractivity (Wildman–Crippen MR) is 210 cm³/mol. The third kappa shape index (κ3) is 5.75. The molecule has 0 spiro atoms. The Kier molecular flexibility index (Phi) is 7.81. The third-order valence-corrected chi connectivity index (χ3v) is 9.37. The van der Waals surface area contributed by atoms with Crippen molar-refractivity contribution >= 4 is 21.8 Å². The maximum atomic E-state index is 9.82. The van der Waals surface area contributed by atoms with Crippen molar-refractivity contribution in [3.63, 3.8) is 0 Å². The highest BCUT2D eigenvalue weighted by atomic mass is 14.9. The van der Waals surface area contributed by atoms with Gasteiger partial charge >= 0.3 is 0 Å². The van der Waals surface area contributed by atoms with Crippen LogP contribution in [-0.2, 0) is 0 Å². The highest BCUT2D eigenvalue weighted by molar-refractivity contribution is 6.02. The van der Waals surface area contributed by atoms with Gasteiger partial charge < -0.3 is 0 Å². The molecule has 5 heteroatoms. The summed E-state index contributed by atoms with van der Waals surface area (Å²) in [4.78, 5) is 20.5. The minimum absolute atomic E-state index is 0.628. The molecule has 7 aromatic carbocycles. The number of aromatic nitrogens is 4. The summed E-state index contributed by atoms with van der Waals surface area (Å²) in [5.41, 5.74) is 12.6. The molecule has 242 valence electrons. The lowest BCUT2D eigenvalue weighted by Crippen LogP contribution is -1.98. The van der Waals surface area contributed by atoms with Gasteiger partial charge in [0.2, 0.25) is 0 Å². The van der Waals surface area contributed by atoms with Gasteiger partial charge in [0.25, 0.3) is 0 Å². The predicted octanol–water partition coefficient (Wildman–Crippen LogP) is 11.4. The molecule has 0 atom stereocenters. The van der Waals surface area contributed by atoms with Crippen LogP contribution in [0.2, 0.25) is 0 Å². The van der Waals surface area contributed by atoms with E-state index in [9.17, 15) is 5.26 Å². The fourth-order valence-electron chi connectivity index (χ4n) is 6.71. The summed E-state index contributed by atoms with van der Waals surface area (Å²) in [6.07, 6.45) is 0. The Morgan fingerprint density at radius 3 is 1.50 bits per heavy atom. The second kappa shape index (κ2) is 13.2. The molecule has 2 heterocycles. The zero-order valence-electron chi connectivity index (χ0n) is 28.0. The van der Waals surface area contributed by atoms with E-state index in [-0.39, 0.29) is 0 Å². The van der Waals surface area contributed by atoms with Crippen LogP contribution in [0.4, 0.5) is 0 Å². The molecule has 0 aliphatic carbocycles. The van der Waals surface area contributed by atoms with Crippen molar-refractivity contribution < 1.29 is 0 Å². The van der Waals surface area contributed by atoms with Gasteiger partial charge in [-0.3, -0.25) is 0 Å². The number of hydrogen-bond acceptors (Lipinski definition) is 5. The van der Waals surface area contributed by atoms with Crippen molar-refractivity contribution in [3.8, 4) is 73.6 Å². The zero-order chi connectivity index (χ0) is 34.9. The van der Waals surface area contributed by atoms with E-state index in [1.54, 1.807) is 0 Å². The van der Waals surface area contributed by atoms with Crippen molar-refractivity contribution in [2.45, 2.75) is 0 Å². The van der Waals surface area contributed by atoms with Crippen molar-refractivity contribution in [2.24, 2.45) is 0 Å². The Morgan fingerprint density at radius 2 is 0.846 bits per heavy atom. The van der Waals surface area contributed by atoms with Crippen LogP contribution in [0.1, 0.15) is 5.56 Å². The molecule has 0 radical (unpaired) electrons. The van der Waals surface area contributed by atoms with Crippen LogP contribution in [0.5, 0.6) is 0 Å². The second-order valence-electron chi connectivity index (χ2n) is 12.6. The van der Waals surface area contributed by atoms with E-state index in [4.69, 9.17) is 19.9 Å². The molecule has 0 bridgehead atoms. The van der Waals surface area contributed by atoms with E-state index in [1.165, 1.54) is 5.56 Å². The molecule has 9 rings (SSSR count). The first-order valence-electron chi connectivity index (χ1n) is 17.1. The topological polar surface area (TPSA) is 75.3 Å². The molecule has 0 aliphatic rings. The SMILES string of the molecule is N#Cc1ccc(-c2nc3ccccc3nc2-c2ccc(-c3nc(-c4ccccc4)cc(-c4ccc(-c5ccccc5)cc4)n3)cc2)c2ccccc12. The van der Waals surface area contributed by atoms with E-state index < -0.39 is 0 Å². The van der Waals surface area contributed by atoms with E-state index in [2.05, 4.69) is 97.1 Å². The van der Waals surface area contributed by atoms with Crippen LogP contribution in [0.25, 0.3) is 89.4 Å². The number of benzene rings is 7.